The van der Waals surface area contributed by atoms with Crippen LogP contribution < -0.4 is 5.32 Å². The molecular formula is C14H30N2S. The molecule has 3 unspecified atom stereocenters. The van der Waals surface area contributed by atoms with Crippen molar-refractivity contribution >= 4 is 11.8 Å². The molecule has 0 saturated carbocycles. The second kappa shape index (κ2) is 8.39. The van der Waals surface area contributed by atoms with Crippen molar-refractivity contribution in [3.63, 3.8) is 0 Å². The zero-order chi connectivity index (χ0) is 12.7. The molecule has 0 aromatic rings. The van der Waals surface area contributed by atoms with Gasteiger partial charge in [0.2, 0.25) is 0 Å². The fraction of sp³-hybridized carbons (Fsp3) is 1.00. The molecule has 1 aliphatic heterocycles. The van der Waals surface area contributed by atoms with Gasteiger partial charge in [-0.2, -0.15) is 11.8 Å². The summed E-state index contributed by atoms with van der Waals surface area (Å²) in [5.41, 5.74) is 0. The summed E-state index contributed by atoms with van der Waals surface area (Å²) in [6.07, 6.45) is 4.80. The van der Waals surface area contributed by atoms with E-state index in [0.29, 0.717) is 6.04 Å². The standard InChI is InChI=1S/C14H30N2S/c1-5-13(3)14-10-16(8-6-7-15-14)9-12(2)11-17-4/h12-15H,5-11H2,1-4H3. The summed E-state index contributed by atoms with van der Waals surface area (Å²) in [7, 11) is 0. The lowest BCUT2D eigenvalue weighted by Crippen LogP contribution is -2.43. The Hall–Kier alpha value is 0.270. The third kappa shape index (κ3) is 5.62. The summed E-state index contributed by atoms with van der Waals surface area (Å²) in [5.74, 6) is 2.91. The van der Waals surface area contributed by atoms with Gasteiger partial charge in [0.1, 0.15) is 0 Å². The van der Waals surface area contributed by atoms with Gasteiger partial charge in [-0.05, 0) is 43.4 Å². The molecule has 0 amide bonds. The first-order chi connectivity index (χ1) is 8.17. The predicted molar refractivity (Wildman–Crippen MR) is 79.8 cm³/mol. The lowest BCUT2D eigenvalue weighted by molar-refractivity contribution is 0.218. The van der Waals surface area contributed by atoms with Crippen molar-refractivity contribution in [1.82, 2.24) is 10.2 Å². The molecule has 0 spiro atoms. The Morgan fingerprint density at radius 1 is 1.41 bits per heavy atom. The molecule has 2 nitrogen and oxygen atoms in total. The van der Waals surface area contributed by atoms with E-state index in [0.717, 1.165) is 11.8 Å². The first kappa shape index (κ1) is 15.3. The second-order valence-electron chi connectivity index (χ2n) is 5.62. The molecule has 0 aliphatic carbocycles. The van der Waals surface area contributed by atoms with Crippen LogP contribution in [0.4, 0.5) is 0 Å². The maximum atomic E-state index is 3.72. The number of hydrogen-bond donors (Lipinski definition) is 1. The van der Waals surface area contributed by atoms with Crippen LogP contribution in [0, 0.1) is 11.8 Å². The minimum atomic E-state index is 0.698. The Labute approximate surface area is 112 Å². The lowest BCUT2D eigenvalue weighted by atomic mass is 9.98. The number of hydrogen-bond acceptors (Lipinski definition) is 3. The summed E-state index contributed by atoms with van der Waals surface area (Å²) in [6, 6.07) is 0.698. The van der Waals surface area contributed by atoms with Crippen molar-refractivity contribution in [3.8, 4) is 0 Å². The van der Waals surface area contributed by atoms with Crippen LogP contribution in [0.15, 0.2) is 0 Å². The normalized spacial score (nSPS) is 26.5. The van der Waals surface area contributed by atoms with E-state index in [4.69, 9.17) is 0 Å². The van der Waals surface area contributed by atoms with Crippen LogP contribution >= 0.6 is 11.8 Å². The van der Waals surface area contributed by atoms with Gasteiger partial charge in [0, 0.05) is 19.1 Å². The molecule has 1 saturated heterocycles. The Kier molecular flexibility index (Phi) is 7.56. The maximum Gasteiger partial charge on any atom is 0.0220 e. The van der Waals surface area contributed by atoms with Crippen LogP contribution in [0.25, 0.3) is 0 Å². The van der Waals surface area contributed by atoms with Crippen LogP contribution in [0.3, 0.4) is 0 Å². The Morgan fingerprint density at radius 3 is 2.82 bits per heavy atom. The monoisotopic (exact) mass is 258 g/mol. The first-order valence-corrected chi connectivity index (χ1v) is 8.51. The summed E-state index contributed by atoms with van der Waals surface area (Å²) >= 11 is 1.97. The van der Waals surface area contributed by atoms with E-state index in [1.54, 1.807) is 0 Å². The molecule has 3 heteroatoms. The van der Waals surface area contributed by atoms with E-state index in [1.807, 2.05) is 11.8 Å². The third-order valence-electron chi connectivity index (χ3n) is 3.86. The second-order valence-corrected chi connectivity index (χ2v) is 6.53. The average molecular weight is 258 g/mol. The van der Waals surface area contributed by atoms with Crippen LogP contribution in [0.1, 0.15) is 33.6 Å². The van der Waals surface area contributed by atoms with Gasteiger partial charge >= 0.3 is 0 Å². The van der Waals surface area contributed by atoms with Crippen molar-refractivity contribution in [2.75, 3.05) is 38.2 Å². The first-order valence-electron chi connectivity index (χ1n) is 7.12. The van der Waals surface area contributed by atoms with Crippen molar-refractivity contribution in [1.29, 1.82) is 0 Å². The number of thioether (sulfide) groups is 1. The molecule has 0 aromatic heterocycles. The molecule has 1 fully saturated rings. The van der Waals surface area contributed by atoms with Crippen molar-refractivity contribution in [2.24, 2.45) is 11.8 Å². The minimum Gasteiger partial charge on any atom is -0.312 e. The topological polar surface area (TPSA) is 15.3 Å². The van der Waals surface area contributed by atoms with E-state index in [2.05, 4.69) is 37.2 Å². The van der Waals surface area contributed by atoms with E-state index < -0.39 is 0 Å². The molecule has 102 valence electrons. The largest absolute Gasteiger partial charge is 0.312 e. The van der Waals surface area contributed by atoms with Gasteiger partial charge in [-0.25, -0.2) is 0 Å². The summed E-state index contributed by atoms with van der Waals surface area (Å²) in [4.78, 5) is 2.68. The van der Waals surface area contributed by atoms with Crippen molar-refractivity contribution in [3.05, 3.63) is 0 Å². The maximum absolute atomic E-state index is 3.72. The molecule has 0 aromatic carbocycles. The third-order valence-corrected chi connectivity index (χ3v) is 4.77. The van der Waals surface area contributed by atoms with Gasteiger partial charge in [-0.15, -0.1) is 0 Å². The molecule has 1 aliphatic rings. The molecular weight excluding hydrogens is 228 g/mol. The smallest absolute Gasteiger partial charge is 0.0220 e. The van der Waals surface area contributed by atoms with Gasteiger partial charge in [-0.3, -0.25) is 0 Å². The van der Waals surface area contributed by atoms with Crippen molar-refractivity contribution < 1.29 is 0 Å². The molecule has 1 N–H and O–H groups in total. The molecule has 1 rings (SSSR count). The van der Waals surface area contributed by atoms with Gasteiger partial charge < -0.3 is 10.2 Å². The van der Waals surface area contributed by atoms with Gasteiger partial charge in [0.15, 0.2) is 0 Å². The lowest BCUT2D eigenvalue weighted by Gasteiger charge is -2.29. The predicted octanol–water partition coefficient (Wildman–Crippen LogP) is 2.70. The van der Waals surface area contributed by atoms with Gasteiger partial charge in [-0.1, -0.05) is 27.2 Å². The van der Waals surface area contributed by atoms with Crippen LogP contribution in [0.5, 0.6) is 0 Å². The zero-order valence-electron chi connectivity index (χ0n) is 12.0. The average Bonchev–Trinajstić information content (AvgIpc) is 2.54. The van der Waals surface area contributed by atoms with Crippen LogP contribution in [-0.2, 0) is 0 Å². The number of nitrogens with zero attached hydrogens (tertiary/aromatic N) is 1. The van der Waals surface area contributed by atoms with Gasteiger partial charge in [0.25, 0.3) is 0 Å². The van der Waals surface area contributed by atoms with E-state index in [1.165, 1.54) is 44.8 Å². The van der Waals surface area contributed by atoms with Crippen LogP contribution in [0.2, 0.25) is 0 Å². The quantitative estimate of drug-likeness (QED) is 0.788. The fourth-order valence-corrected chi connectivity index (χ4v) is 3.31. The molecule has 0 radical (unpaired) electrons. The minimum absolute atomic E-state index is 0.698. The number of rotatable bonds is 6. The fourth-order valence-electron chi connectivity index (χ4n) is 2.63. The molecule has 0 bridgehead atoms. The van der Waals surface area contributed by atoms with Crippen molar-refractivity contribution in [2.45, 2.75) is 39.7 Å². The number of nitrogens with one attached hydrogen (secondary N) is 1. The highest BCUT2D eigenvalue weighted by Crippen LogP contribution is 2.14. The Balaban J connectivity index is 2.42. The summed E-state index contributed by atoms with van der Waals surface area (Å²) in [5, 5.41) is 3.72. The zero-order valence-corrected chi connectivity index (χ0v) is 12.9. The van der Waals surface area contributed by atoms with E-state index in [-0.39, 0.29) is 0 Å². The van der Waals surface area contributed by atoms with Gasteiger partial charge in [0.05, 0.1) is 0 Å². The Morgan fingerprint density at radius 2 is 2.18 bits per heavy atom. The van der Waals surface area contributed by atoms with Crippen LogP contribution in [-0.4, -0.2) is 49.1 Å². The summed E-state index contributed by atoms with van der Waals surface area (Å²) < 4.78 is 0. The molecule has 3 atom stereocenters. The molecule has 1 heterocycles. The van der Waals surface area contributed by atoms with E-state index in [9.17, 15) is 0 Å². The Bertz CT molecular complexity index is 199. The highest BCUT2D eigenvalue weighted by molar-refractivity contribution is 7.98. The summed E-state index contributed by atoms with van der Waals surface area (Å²) in [6.45, 7) is 12.1. The SMILES string of the molecule is CCC(C)C1CN(CC(C)CSC)CCCN1. The highest BCUT2D eigenvalue weighted by Gasteiger charge is 2.22. The molecule has 17 heavy (non-hydrogen) atoms. The highest BCUT2D eigenvalue weighted by atomic mass is 32.2. The van der Waals surface area contributed by atoms with E-state index >= 15 is 0 Å².